The predicted molar refractivity (Wildman–Crippen MR) is 144 cm³/mol. The standard InChI is InChI=1S/C26H21N3O5S2/c1-34-25-22(18-4-3-17-12-20(28-36(2,32)33)6-5-16(17)11-18)13-21(14-23(25)19-8-10-35-15-19)29-9-7-24(30)27-26(29)31/h3-15,28H,1-2H3,(H,27,30,31). The van der Waals surface area contributed by atoms with Crippen molar-refractivity contribution in [1.82, 2.24) is 9.55 Å². The molecule has 36 heavy (non-hydrogen) atoms. The number of nitrogens with zero attached hydrogens (tertiary/aromatic N) is 1. The van der Waals surface area contributed by atoms with Crippen molar-refractivity contribution in [3.05, 3.63) is 98.5 Å². The Morgan fingerprint density at radius 1 is 0.917 bits per heavy atom. The molecule has 8 nitrogen and oxygen atoms in total. The molecule has 0 unspecified atom stereocenters. The molecule has 0 bridgehead atoms. The Morgan fingerprint density at radius 3 is 2.31 bits per heavy atom. The van der Waals surface area contributed by atoms with E-state index in [9.17, 15) is 18.0 Å². The number of aromatic nitrogens is 2. The van der Waals surface area contributed by atoms with Gasteiger partial charge in [-0.05, 0) is 69.1 Å². The van der Waals surface area contributed by atoms with Gasteiger partial charge in [0, 0.05) is 29.1 Å². The van der Waals surface area contributed by atoms with Gasteiger partial charge < -0.3 is 4.74 Å². The van der Waals surface area contributed by atoms with Gasteiger partial charge in [-0.1, -0.05) is 18.2 Å². The van der Waals surface area contributed by atoms with Crippen LogP contribution in [0.3, 0.4) is 0 Å². The number of H-pyrrole nitrogens is 1. The van der Waals surface area contributed by atoms with E-state index < -0.39 is 21.3 Å². The minimum Gasteiger partial charge on any atom is -0.495 e. The van der Waals surface area contributed by atoms with Gasteiger partial charge in [0.05, 0.1) is 19.1 Å². The summed E-state index contributed by atoms with van der Waals surface area (Å²) in [6.45, 7) is 0. The summed E-state index contributed by atoms with van der Waals surface area (Å²) in [4.78, 5) is 26.5. The van der Waals surface area contributed by atoms with Gasteiger partial charge in [0.1, 0.15) is 5.75 Å². The van der Waals surface area contributed by atoms with Crippen molar-refractivity contribution in [2.24, 2.45) is 0 Å². The molecule has 0 radical (unpaired) electrons. The number of hydrogen-bond acceptors (Lipinski definition) is 6. The van der Waals surface area contributed by atoms with E-state index in [-0.39, 0.29) is 0 Å². The lowest BCUT2D eigenvalue weighted by Crippen LogP contribution is -2.27. The number of thiophene rings is 1. The smallest absolute Gasteiger partial charge is 0.332 e. The molecular formula is C26H21N3O5S2. The zero-order valence-electron chi connectivity index (χ0n) is 19.3. The number of fused-ring (bicyclic) bond motifs is 1. The average Bonchev–Trinajstić information content (AvgIpc) is 3.37. The van der Waals surface area contributed by atoms with Crippen LogP contribution in [0.5, 0.6) is 5.75 Å². The van der Waals surface area contributed by atoms with E-state index in [1.165, 1.54) is 16.8 Å². The number of anilines is 1. The monoisotopic (exact) mass is 519 g/mol. The van der Waals surface area contributed by atoms with Gasteiger partial charge in [-0.3, -0.25) is 19.1 Å². The van der Waals surface area contributed by atoms with E-state index in [0.717, 1.165) is 39.3 Å². The second kappa shape index (κ2) is 9.14. The van der Waals surface area contributed by atoms with Crippen LogP contribution in [-0.4, -0.2) is 31.3 Å². The first-order valence-electron chi connectivity index (χ1n) is 10.8. The zero-order valence-corrected chi connectivity index (χ0v) is 20.9. The summed E-state index contributed by atoms with van der Waals surface area (Å²) in [7, 11) is -1.78. The van der Waals surface area contributed by atoms with Gasteiger partial charge in [0.2, 0.25) is 10.0 Å². The maximum absolute atomic E-state index is 12.6. The average molecular weight is 520 g/mol. The largest absolute Gasteiger partial charge is 0.495 e. The van der Waals surface area contributed by atoms with Gasteiger partial charge in [-0.15, -0.1) is 0 Å². The lowest BCUT2D eigenvalue weighted by Gasteiger charge is -2.17. The molecule has 0 aliphatic heterocycles. The second-order valence-electron chi connectivity index (χ2n) is 8.22. The van der Waals surface area contributed by atoms with Crippen LogP contribution < -0.4 is 20.7 Å². The Labute approximate surface area is 210 Å². The topological polar surface area (TPSA) is 110 Å². The van der Waals surface area contributed by atoms with Crippen LogP contribution in [0.1, 0.15) is 0 Å². The SMILES string of the molecule is COc1c(-c2ccsc2)cc(-n2ccc(=O)[nH]c2=O)cc1-c1ccc2cc(NS(C)(=O)=O)ccc2c1. The van der Waals surface area contributed by atoms with Crippen LogP contribution >= 0.6 is 11.3 Å². The molecule has 10 heteroatoms. The van der Waals surface area contributed by atoms with Crippen molar-refractivity contribution in [1.29, 1.82) is 0 Å². The maximum atomic E-state index is 12.6. The number of sulfonamides is 1. The highest BCUT2D eigenvalue weighted by molar-refractivity contribution is 7.92. The molecule has 0 spiro atoms. The van der Waals surface area contributed by atoms with E-state index in [1.54, 1.807) is 30.6 Å². The lowest BCUT2D eigenvalue weighted by atomic mass is 9.95. The van der Waals surface area contributed by atoms with Crippen molar-refractivity contribution in [2.45, 2.75) is 0 Å². The van der Waals surface area contributed by atoms with Crippen LogP contribution in [-0.2, 0) is 10.0 Å². The quantitative estimate of drug-likeness (QED) is 0.344. The number of benzene rings is 3. The third kappa shape index (κ3) is 4.68. The fourth-order valence-electron chi connectivity index (χ4n) is 4.13. The third-order valence-corrected chi connectivity index (χ3v) is 6.96. The lowest BCUT2D eigenvalue weighted by molar-refractivity contribution is 0.418. The Hall–Kier alpha value is -4.15. The van der Waals surface area contributed by atoms with Gasteiger partial charge >= 0.3 is 5.69 Å². The molecule has 5 rings (SSSR count). The Morgan fingerprint density at radius 2 is 1.64 bits per heavy atom. The van der Waals surface area contributed by atoms with Crippen LogP contribution in [0.25, 0.3) is 38.7 Å². The van der Waals surface area contributed by atoms with Crippen molar-refractivity contribution >= 4 is 37.8 Å². The van der Waals surface area contributed by atoms with E-state index >= 15 is 0 Å². The molecule has 2 N–H and O–H groups in total. The molecule has 5 aromatic rings. The Kier molecular flexibility index (Phi) is 5.99. The van der Waals surface area contributed by atoms with Gasteiger partial charge in [-0.2, -0.15) is 11.3 Å². The molecule has 3 aromatic carbocycles. The molecule has 0 saturated heterocycles. The highest BCUT2D eigenvalue weighted by Crippen LogP contribution is 2.42. The van der Waals surface area contributed by atoms with Crippen LogP contribution in [0.2, 0.25) is 0 Å². The molecule has 0 aliphatic rings. The minimum atomic E-state index is -3.39. The summed E-state index contributed by atoms with van der Waals surface area (Å²) in [5, 5.41) is 5.72. The summed E-state index contributed by atoms with van der Waals surface area (Å²) >= 11 is 1.55. The van der Waals surface area contributed by atoms with Crippen LogP contribution in [0.4, 0.5) is 5.69 Å². The van der Waals surface area contributed by atoms with Crippen molar-refractivity contribution in [3.8, 4) is 33.7 Å². The maximum Gasteiger partial charge on any atom is 0.332 e. The molecule has 182 valence electrons. The number of methoxy groups -OCH3 is 1. The summed E-state index contributed by atoms with van der Waals surface area (Å²) in [6.07, 6.45) is 2.55. The highest BCUT2D eigenvalue weighted by Gasteiger charge is 2.17. The van der Waals surface area contributed by atoms with E-state index in [1.807, 2.05) is 53.2 Å². The van der Waals surface area contributed by atoms with E-state index in [4.69, 9.17) is 4.74 Å². The van der Waals surface area contributed by atoms with E-state index in [0.29, 0.717) is 17.1 Å². The van der Waals surface area contributed by atoms with Crippen LogP contribution in [0, 0.1) is 0 Å². The fourth-order valence-corrected chi connectivity index (χ4v) is 5.34. The first kappa shape index (κ1) is 23.6. The summed E-state index contributed by atoms with van der Waals surface area (Å²) in [5.74, 6) is 0.643. The second-order valence-corrected chi connectivity index (χ2v) is 10.7. The molecule has 0 amide bonds. The zero-order chi connectivity index (χ0) is 25.4. The van der Waals surface area contributed by atoms with Gasteiger partial charge in [0.25, 0.3) is 5.56 Å². The Bertz CT molecular complexity index is 1820. The van der Waals surface area contributed by atoms with Crippen molar-refractivity contribution in [3.63, 3.8) is 0 Å². The normalized spacial score (nSPS) is 11.5. The first-order valence-corrected chi connectivity index (χ1v) is 13.6. The van der Waals surface area contributed by atoms with Crippen molar-refractivity contribution in [2.75, 3.05) is 18.1 Å². The molecule has 0 aliphatic carbocycles. The number of hydrogen-bond donors (Lipinski definition) is 2. The molecule has 2 heterocycles. The van der Waals surface area contributed by atoms with Gasteiger partial charge in [0.15, 0.2) is 0 Å². The highest BCUT2D eigenvalue weighted by atomic mass is 32.2. The number of ether oxygens (including phenoxy) is 1. The van der Waals surface area contributed by atoms with Crippen LogP contribution in [0.15, 0.2) is 87.2 Å². The number of rotatable bonds is 6. The number of aromatic amines is 1. The van der Waals surface area contributed by atoms with Gasteiger partial charge in [-0.25, -0.2) is 13.2 Å². The third-order valence-electron chi connectivity index (χ3n) is 5.67. The summed E-state index contributed by atoms with van der Waals surface area (Å²) < 4.78 is 32.9. The summed E-state index contributed by atoms with van der Waals surface area (Å²) in [6, 6.07) is 18.1. The molecule has 2 aromatic heterocycles. The molecular weight excluding hydrogens is 498 g/mol. The molecule has 0 fully saturated rings. The fraction of sp³-hybridized carbons (Fsp3) is 0.0769. The Balaban J connectivity index is 1.72. The number of nitrogens with one attached hydrogen (secondary N) is 2. The molecule has 0 atom stereocenters. The summed E-state index contributed by atoms with van der Waals surface area (Å²) in [5.41, 5.74) is 3.39. The van der Waals surface area contributed by atoms with Crippen molar-refractivity contribution < 1.29 is 13.2 Å². The first-order chi connectivity index (χ1) is 17.2. The minimum absolute atomic E-state index is 0.470. The van der Waals surface area contributed by atoms with E-state index in [2.05, 4.69) is 9.71 Å². The molecule has 0 saturated carbocycles. The predicted octanol–water partition coefficient (Wildman–Crippen LogP) is 4.45.